The van der Waals surface area contributed by atoms with E-state index < -0.39 is 0 Å². The number of rotatable bonds is 3. The van der Waals surface area contributed by atoms with Gasteiger partial charge in [0.15, 0.2) is 5.65 Å². The van der Waals surface area contributed by atoms with Crippen LogP contribution in [-0.4, -0.2) is 38.5 Å². The van der Waals surface area contributed by atoms with E-state index in [0.29, 0.717) is 12.3 Å². The molecule has 5 nitrogen and oxygen atoms in total. The van der Waals surface area contributed by atoms with Crippen molar-refractivity contribution in [3.8, 4) is 0 Å². The third-order valence-corrected chi connectivity index (χ3v) is 5.71. The van der Waals surface area contributed by atoms with Crippen molar-refractivity contribution in [2.24, 2.45) is 0 Å². The molecule has 0 N–H and O–H groups in total. The SMILES string of the molecule is Cc1ccc(CC(=O)N2CCC(c3ccnc4ccnn34)CC2)s1. The average Bonchev–Trinajstić information content (AvgIpc) is 3.23. The summed E-state index contributed by atoms with van der Waals surface area (Å²) in [4.78, 5) is 21.2. The molecule has 1 saturated heterocycles. The lowest BCUT2D eigenvalue weighted by Gasteiger charge is -2.32. The molecular formula is C18H20N4OS. The van der Waals surface area contributed by atoms with Crippen LogP contribution in [0.5, 0.6) is 0 Å². The lowest BCUT2D eigenvalue weighted by molar-refractivity contribution is -0.131. The fraction of sp³-hybridized carbons (Fsp3) is 0.389. The van der Waals surface area contributed by atoms with Gasteiger partial charge in [0.1, 0.15) is 0 Å². The molecule has 24 heavy (non-hydrogen) atoms. The second kappa shape index (κ2) is 6.36. The Morgan fingerprint density at radius 1 is 1.21 bits per heavy atom. The molecule has 4 heterocycles. The van der Waals surface area contributed by atoms with Crippen LogP contribution in [0.4, 0.5) is 0 Å². The number of likely N-dealkylation sites (tertiary alicyclic amines) is 1. The highest BCUT2D eigenvalue weighted by Gasteiger charge is 2.25. The zero-order valence-corrected chi connectivity index (χ0v) is 14.5. The van der Waals surface area contributed by atoms with E-state index in [1.54, 1.807) is 17.5 Å². The Kier molecular flexibility index (Phi) is 4.06. The van der Waals surface area contributed by atoms with E-state index in [1.165, 1.54) is 10.6 Å². The van der Waals surface area contributed by atoms with E-state index in [4.69, 9.17) is 0 Å². The number of hydrogen-bond acceptors (Lipinski definition) is 4. The van der Waals surface area contributed by atoms with Gasteiger partial charge in [0, 0.05) is 46.7 Å². The van der Waals surface area contributed by atoms with Crippen LogP contribution in [0.2, 0.25) is 0 Å². The maximum atomic E-state index is 12.5. The molecule has 1 amide bonds. The van der Waals surface area contributed by atoms with Crippen LogP contribution < -0.4 is 0 Å². The van der Waals surface area contributed by atoms with Gasteiger partial charge in [0.25, 0.3) is 0 Å². The van der Waals surface area contributed by atoms with Gasteiger partial charge in [-0.15, -0.1) is 11.3 Å². The van der Waals surface area contributed by atoms with Gasteiger partial charge in [-0.3, -0.25) is 4.79 Å². The highest BCUT2D eigenvalue weighted by molar-refractivity contribution is 7.12. The Balaban J connectivity index is 1.41. The summed E-state index contributed by atoms with van der Waals surface area (Å²) < 4.78 is 1.93. The van der Waals surface area contributed by atoms with Crippen molar-refractivity contribution >= 4 is 22.9 Å². The fourth-order valence-corrected chi connectivity index (χ4v) is 4.31. The monoisotopic (exact) mass is 340 g/mol. The van der Waals surface area contributed by atoms with E-state index in [2.05, 4.69) is 35.2 Å². The number of aryl methyl sites for hydroxylation is 1. The highest BCUT2D eigenvalue weighted by Crippen LogP contribution is 2.28. The van der Waals surface area contributed by atoms with E-state index in [9.17, 15) is 4.79 Å². The molecule has 0 aliphatic carbocycles. The van der Waals surface area contributed by atoms with Gasteiger partial charge in [-0.1, -0.05) is 0 Å². The Morgan fingerprint density at radius 3 is 2.79 bits per heavy atom. The van der Waals surface area contributed by atoms with Gasteiger partial charge in [-0.2, -0.15) is 5.10 Å². The maximum absolute atomic E-state index is 12.5. The first kappa shape index (κ1) is 15.3. The van der Waals surface area contributed by atoms with Gasteiger partial charge in [0.2, 0.25) is 5.91 Å². The smallest absolute Gasteiger partial charge is 0.227 e. The first-order valence-corrected chi connectivity index (χ1v) is 9.14. The summed E-state index contributed by atoms with van der Waals surface area (Å²) in [5.74, 6) is 0.678. The molecule has 0 radical (unpaired) electrons. The molecule has 0 saturated carbocycles. The number of nitrogens with zero attached hydrogens (tertiary/aromatic N) is 4. The zero-order chi connectivity index (χ0) is 16.5. The van der Waals surface area contributed by atoms with E-state index >= 15 is 0 Å². The molecule has 6 heteroatoms. The third kappa shape index (κ3) is 2.94. The summed E-state index contributed by atoms with van der Waals surface area (Å²) >= 11 is 1.71. The Labute approximate surface area is 144 Å². The Bertz CT molecular complexity index is 861. The minimum atomic E-state index is 0.245. The molecule has 0 atom stereocenters. The van der Waals surface area contributed by atoms with Gasteiger partial charge >= 0.3 is 0 Å². The molecule has 3 aromatic heterocycles. The standard InChI is InChI=1S/C18H20N4OS/c1-13-2-3-15(24-13)12-18(23)21-10-6-14(7-11-21)16-4-8-19-17-5-9-20-22(16)17/h2-5,8-9,14H,6-7,10-12H2,1H3. The molecular weight excluding hydrogens is 320 g/mol. The molecule has 0 bridgehead atoms. The van der Waals surface area contributed by atoms with E-state index in [0.717, 1.165) is 36.5 Å². The van der Waals surface area contributed by atoms with Crippen molar-refractivity contribution in [1.82, 2.24) is 19.5 Å². The van der Waals surface area contributed by atoms with Gasteiger partial charge < -0.3 is 4.90 Å². The number of carbonyl (C=O) groups excluding carboxylic acids is 1. The van der Waals surface area contributed by atoms with E-state index in [-0.39, 0.29) is 5.91 Å². The second-order valence-corrected chi connectivity index (χ2v) is 7.69. The van der Waals surface area contributed by atoms with Crippen molar-refractivity contribution in [2.75, 3.05) is 13.1 Å². The normalized spacial score (nSPS) is 16.0. The Morgan fingerprint density at radius 2 is 2.04 bits per heavy atom. The number of hydrogen-bond donors (Lipinski definition) is 0. The van der Waals surface area contributed by atoms with Crippen LogP contribution >= 0.6 is 11.3 Å². The number of amides is 1. The summed E-state index contributed by atoms with van der Waals surface area (Å²) in [5, 5.41) is 4.38. The van der Waals surface area contributed by atoms with Crippen molar-refractivity contribution in [2.45, 2.75) is 32.1 Å². The molecule has 0 spiro atoms. The van der Waals surface area contributed by atoms with Crippen LogP contribution in [0.25, 0.3) is 5.65 Å². The fourth-order valence-electron chi connectivity index (χ4n) is 3.43. The maximum Gasteiger partial charge on any atom is 0.227 e. The number of piperidine rings is 1. The molecule has 1 fully saturated rings. The van der Waals surface area contributed by atoms with Crippen LogP contribution in [0.15, 0.2) is 36.7 Å². The zero-order valence-electron chi connectivity index (χ0n) is 13.7. The molecule has 0 aromatic carbocycles. The molecule has 124 valence electrons. The van der Waals surface area contributed by atoms with Crippen LogP contribution in [0.1, 0.15) is 34.2 Å². The highest BCUT2D eigenvalue weighted by atomic mass is 32.1. The first-order valence-electron chi connectivity index (χ1n) is 8.32. The predicted octanol–water partition coefficient (Wildman–Crippen LogP) is 3.05. The molecule has 0 unspecified atom stereocenters. The number of aromatic nitrogens is 3. The number of carbonyl (C=O) groups is 1. The summed E-state index contributed by atoms with van der Waals surface area (Å²) in [6.07, 6.45) is 6.13. The largest absolute Gasteiger partial charge is 0.342 e. The summed E-state index contributed by atoms with van der Waals surface area (Å²) in [6, 6.07) is 8.12. The minimum absolute atomic E-state index is 0.245. The van der Waals surface area contributed by atoms with Crippen LogP contribution in [0.3, 0.4) is 0 Å². The number of fused-ring (bicyclic) bond motifs is 1. The van der Waals surface area contributed by atoms with E-state index in [1.807, 2.05) is 21.7 Å². The summed E-state index contributed by atoms with van der Waals surface area (Å²) in [5.41, 5.74) is 2.09. The quantitative estimate of drug-likeness (QED) is 0.736. The van der Waals surface area contributed by atoms with Crippen molar-refractivity contribution in [1.29, 1.82) is 0 Å². The number of thiophene rings is 1. The molecule has 3 aromatic rings. The topological polar surface area (TPSA) is 50.5 Å². The van der Waals surface area contributed by atoms with Crippen LogP contribution in [-0.2, 0) is 11.2 Å². The van der Waals surface area contributed by atoms with Gasteiger partial charge in [0.05, 0.1) is 12.6 Å². The van der Waals surface area contributed by atoms with Crippen molar-refractivity contribution in [3.63, 3.8) is 0 Å². The molecule has 1 aliphatic rings. The van der Waals surface area contributed by atoms with Crippen molar-refractivity contribution in [3.05, 3.63) is 52.1 Å². The summed E-state index contributed by atoms with van der Waals surface area (Å²) in [6.45, 7) is 3.72. The minimum Gasteiger partial charge on any atom is -0.342 e. The Hall–Kier alpha value is -2.21. The van der Waals surface area contributed by atoms with Crippen LogP contribution in [0, 0.1) is 6.92 Å². The molecule has 1 aliphatic heterocycles. The summed E-state index contributed by atoms with van der Waals surface area (Å²) in [7, 11) is 0. The molecule has 4 rings (SSSR count). The predicted molar refractivity (Wildman–Crippen MR) is 94.3 cm³/mol. The van der Waals surface area contributed by atoms with Gasteiger partial charge in [-0.05, 0) is 38.0 Å². The van der Waals surface area contributed by atoms with Gasteiger partial charge in [-0.25, -0.2) is 9.50 Å². The average molecular weight is 340 g/mol. The lowest BCUT2D eigenvalue weighted by Crippen LogP contribution is -2.39. The van der Waals surface area contributed by atoms with Crippen molar-refractivity contribution < 1.29 is 4.79 Å². The lowest BCUT2D eigenvalue weighted by atomic mass is 9.93. The second-order valence-electron chi connectivity index (χ2n) is 6.32. The first-order chi connectivity index (χ1) is 11.7. The third-order valence-electron chi connectivity index (χ3n) is 4.71.